The quantitative estimate of drug-likeness (QED) is 0.875. The monoisotopic (exact) mass is 303 g/mol. The van der Waals surface area contributed by atoms with Crippen molar-refractivity contribution in [3.8, 4) is 0 Å². The zero-order valence-corrected chi connectivity index (χ0v) is 12.4. The fourth-order valence-electron chi connectivity index (χ4n) is 2.36. The van der Waals surface area contributed by atoms with E-state index in [4.69, 9.17) is 4.74 Å². The molecular weight excluding hydrogens is 286 g/mol. The summed E-state index contributed by atoms with van der Waals surface area (Å²) in [5, 5.41) is 3.52. The van der Waals surface area contributed by atoms with Crippen molar-refractivity contribution in [2.45, 2.75) is 0 Å². The van der Waals surface area contributed by atoms with Gasteiger partial charge in [-0.1, -0.05) is 36.4 Å². The molecule has 0 aliphatic carbocycles. The van der Waals surface area contributed by atoms with Gasteiger partial charge in [-0.3, -0.25) is 0 Å². The summed E-state index contributed by atoms with van der Waals surface area (Å²) >= 11 is 0. The van der Waals surface area contributed by atoms with Gasteiger partial charge in [0.1, 0.15) is 0 Å². The summed E-state index contributed by atoms with van der Waals surface area (Å²) in [6.45, 7) is 1.76. The molecule has 0 aromatic heterocycles. The molecule has 0 unspecified atom stereocenters. The third-order valence-electron chi connectivity index (χ3n) is 3.54. The van der Waals surface area contributed by atoms with Crippen LogP contribution >= 0.6 is 0 Å². The lowest BCUT2D eigenvalue weighted by Crippen LogP contribution is -2.39. The van der Waals surface area contributed by atoms with Gasteiger partial charge in [-0.2, -0.15) is 4.31 Å². The molecule has 0 amide bonds. The fourth-order valence-corrected chi connectivity index (χ4v) is 3.52. The number of nitrogens with zero attached hydrogens (tertiary/aromatic N) is 1. The number of ether oxygens (including phenoxy) is 1. The number of sulfonamides is 1. The highest BCUT2D eigenvalue weighted by Gasteiger charge is 2.21. The summed E-state index contributed by atoms with van der Waals surface area (Å²) in [4.78, 5) is 0. The molecule has 0 atom stereocenters. The Labute approximate surface area is 124 Å². The van der Waals surface area contributed by atoms with Crippen LogP contribution in [0.4, 0.5) is 0 Å². The average molecular weight is 303 g/mol. The first kappa shape index (κ1) is 14.3. The topological polar surface area (TPSA) is 46.6 Å². The Morgan fingerprint density at radius 2 is 1.71 bits per heavy atom. The van der Waals surface area contributed by atoms with E-state index in [1.54, 1.807) is 6.08 Å². The summed E-state index contributed by atoms with van der Waals surface area (Å²) in [5.74, 6) is 0. The van der Waals surface area contributed by atoms with Gasteiger partial charge in [0.05, 0.1) is 13.2 Å². The Morgan fingerprint density at radius 3 is 2.48 bits per heavy atom. The van der Waals surface area contributed by atoms with E-state index >= 15 is 0 Å². The van der Waals surface area contributed by atoms with E-state index in [1.165, 1.54) is 9.71 Å². The lowest BCUT2D eigenvalue weighted by Gasteiger charge is -2.24. The van der Waals surface area contributed by atoms with E-state index < -0.39 is 10.0 Å². The molecule has 2 aromatic rings. The zero-order chi connectivity index (χ0) is 14.7. The molecule has 4 nitrogen and oxygen atoms in total. The smallest absolute Gasteiger partial charge is 0.236 e. The molecule has 1 aliphatic rings. The second-order valence-electron chi connectivity index (χ2n) is 4.97. The molecule has 0 bridgehead atoms. The van der Waals surface area contributed by atoms with E-state index in [9.17, 15) is 8.42 Å². The predicted molar refractivity (Wildman–Crippen MR) is 84.3 cm³/mol. The SMILES string of the molecule is O=S(=O)(/C=C/c1ccc2ccccc2c1)N1CCOCC1. The van der Waals surface area contributed by atoms with Gasteiger partial charge >= 0.3 is 0 Å². The van der Waals surface area contributed by atoms with Gasteiger partial charge in [0.15, 0.2) is 0 Å². The van der Waals surface area contributed by atoms with Gasteiger partial charge in [-0.25, -0.2) is 8.42 Å². The van der Waals surface area contributed by atoms with Crippen LogP contribution in [-0.4, -0.2) is 39.0 Å². The summed E-state index contributed by atoms with van der Waals surface area (Å²) in [5.41, 5.74) is 0.880. The van der Waals surface area contributed by atoms with Crippen molar-refractivity contribution in [3.63, 3.8) is 0 Å². The number of hydrogen-bond acceptors (Lipinski definition) is 3. The number of benzene rings is 2. The first-order valence-electron chi connectivity index (χ1n) is 6.90. The lowest BCUT2D eigenvalue weighted by atomic mass is 10.1. The minimum Gasteiger partial charge on any atom is -0.379 e. The minimum absolute atomic E-state index is 0.421. The zero-order valence-electron chi connectivity index (χ0n) is 11.6. The normalized spacial score (nSPS) is 17.5. The van der Waals surface area contributed by atoms with Gasteiger partial charge in [0.2, 0.25) is 10.0 Å². The summed E-state index contributed by atoms with van der Waals surface area (Å²) in [6.07, 6.45) is 1.65. The van der Waals surface area contributed by atoms with Gasteiger partial charge in [0, 0.05) is 18.5 Å². The standard InChI is InChI=1S/C16H17NO3S/c18-21(19,17-8-10-20-11-9-17)12-7-14-5-6-15-3-1-2-4-16(15)13-14/h1-7,12-13H,8-11H2/b12-7+. The average Bonchev–Trinajstić information content (AvgIpc) is 2.54. The molecule has 1 aliphatic heterocycles. The van der Waals surface area contributed by atoms with Crippen molar-refractivity contribution < 1.29 is 13.2 Å². The second-order valence-corrected chi connectivity index (χ2v) is 6.78. The van der Waals surface area contributed by atoms with Gasteiger partial charge in [-0.05, 0) is 28.5 Å². The molecule has 0 N–H and O–H groups in total. The molecule has 2 aromatic carbocycles. The maximum absolute atomic E-state index is 12.2. The van der Waals surface area contributed by atoms with Crippen LogP contribution in [-0.2, 0) is 14.8 Å². The molecule has 110 valence electrons. The Balaban J connectivity index is 1.83. The fraction of sp³-hybridized carbons (Fsp3) is 0.250. The van der Waals surface area contributed by atoms with Crippen molar-refractivity contribution in [1.82, 2.24) is 4.31 Å². The number of hydrogen-bond donors (Lipinski definition) is 0. The molecular formula is C16H17NO3S. The molecule has 1 heterocycles. The van der Waals surface area contributed by atoms with Crippen LogP contribution in [0, 0.1) is 0 Å². The number of morpholine rings is 1. The van der Waals surface area contributed by atoms with Crippen molar-refractivity contribution >= 4 is 26.9 Å². The van der Waals surface area contributed by atoms with Crippen molar-refractivity contribution in [2.75, 3.05) is 26.3 Å². The van der Waals surface area contributed by atoms with Crippen LogP contribution in [0.1, 0.15) is 5.56 Å². The Bertz CT molecular complexity index is 762. The van der Waals surface area contributed by atoms with Crippen LogP contribution in [0.5, 0.6) is 0 Å². The molecule has 0 radical (unpaired) electrons. The van der Waals surface area contributed by atoms with E-state index in [0.717, 1.165) is 16.3 Å². The van der Waals surface area contributed by atoms with E-state index in [2.05, 4.69) is 0 Å². The summed E-state index contributed by atoms with van der Waals surface area (Å²) in [7, 11) is -3.36. The third-order valence-corrected chi connectivity index (χ3v) is 5.10. The second kappa shape index (κ2) is 5.97. The van der Waals surface area contributed by atoms with Crippen molar-refractivity contribution in [3.05, 3.63) is 53.4 Å². The maximum atomic E-state index is 12.2. The van der Waals surface area contributed by atoms with Crippen LogP contribution in [0.25, 0.3) is 16.8 Å². The Morgan fingerprint density at radius 1 is 1.00 bits per heavy atom. The molecule has 1 fully saturated rings. The highest BCUT2D eigenvalue weighted by Crippen LogP contribution is 2.17. The molecule has 3 rings (SSSR count). The Kier molecular flexibility index (Phi) is 4.05. The first-order chi connectivity index (χ1) is 10.1. The number of rotatable bonds is 3. The molecule has 5 heteroatoms. The van der Waals surface area contributed by atoms with E-state index in [-0.39, 0.29) is 0 Å². The molecule has 0 saturated carbocycles. The van der Waals surface area contributed by atoms with Gasteiger partial charge in [0.25, 0.3) is 0 Å². The first-order valence-corrected chi connectivity index (χ1v) is 8.40. The van der Waals surface area contributed by atoms with E-state index in [1.807, 2.05) is 42.5 Å². The van der Waals surface area contributed by atoms with Crippen molar-refractivity contribution in [1.29, 1.82) is 0 Å². The van der Waals surface area contributed by atoms with Crippen LogP contribution in [0.2, 0.25) is 0 Å². The largest absolute Gasteiger partial charge is 0.379 e. The minimum atomic E-state index is -3.36. The molecule has 1 saturated heterocycles. The van der Waals surface area contributed by atoms with Crippen LogP contribution < -0.4 is 0 Å². The Hall–Kier alpha value is -1.69. The van der Waals surface area contributed by atoms with Gasteiger partial charge in [-0.15, -0.1) is 0 Å². The highest BCUT2D eigenvalue weighted by molar-refractivity contribution is 7.92. The highest BCUT2D eigenvalue weighted by atomic mass is 32.2. The lowest BCUT2D eigenvalue weighted by molar-refractivity contribution is 0.0736. The number of fused-ring (bicyclic) bond motifs is 1. The van der Waals surface area contributed by atoms with Crippen LogP contribution in [0.15, 0.2) is 47.9 Å². The molecule has 21 heavy (non-hydrogen) atoms. The van der Waals surface area contributed by atoms with Gasteiger partial charge < -0.3 is 4.74 Å². The molecule has 0 spiro atoms. The summed E-state index contributed by atoms with van der Waals surface area (Å²) in [6, 6.07) is 13.9. The summed E-state index contributed by atoms with van der Waals surface area (Å²) < 4.78 is 31.0. The van der Waals surface area contributed by atoms with E-state index in [0.29, 0.717) is 26.3 Å². The maximum Gasteiger partial charge on any atom is 0.236 e. The third kappa shape index (κ3) is 3.32. The van der Waals surface area contributed by atoms with Crippen LogP contribution in [0.3, 0.4) is 0 Å². The van der Waals surface area contributed by atoms with Crippen molar-refractivity contribution in [2.24, 2.45) is 0 Å². The predicted octanol–water partition coefficient (Wildman–Crippen LogP) is 2.47.